The lowest BCUT2D eigenvalue weighted by atomic mass is 9.92. The number of benzene rings is 1. The number of nitrogens with zero attached hydrogens (tertiary/aromatic N) is 1. The Hall–Kier alpha value is -0.580. The second-order valence-corrected chi connectivity index (χ2v) is 6.53. The average molecular weight is 282 g/mol. The second-order valence-electron chi connectivity index (χ2n) is 5.36. The third-order valence-electron chi connectivity index (χ3n) is 3.78. The molecule has 0 amide bonds. The molecule has 1 aromatic rings. The zero-order chi connectivity index (χ0) is 13.7. The minimum atomic E-state index is -0.167. The number of hydrogen-bond donors (Lipinski definition) is 1. The molecule has 0 bridgehead atoms. The number of thioether (sulfide) groups is 1. The van der Waals surface area contributed by atoms with Crippen LogP contribution in [0.2, 0.25) is 0 Å². The topological polar surface area (TPSA) is 29.3 Å². The summed E-state index contributed by atoms with van der Waals surface area (Å²) in [4.78, 5) is 3.65. The first-order valence-electron chi connectivity index (χ1n) is 7.01. The van der Waals surface area contributed by atoms with Crippen LogP contribution in [0.15, 0.2) is 29.2 Å². The van der Waals surface area contributed by atoms with E-state index in [0.717, 1.165) is 23.7 Å². The van der Waals surface area contributed by atoms with Crippen LogP contribution in [0.25, 0.3) is 0 Å². The van der Waals surface area contributed by atoms with Gasteiger partial charge in [0.15, 0.2) is 0 Å². The summed E-state index contributed by atoms with van der Waals surface area (Å²) in [6, 6.07) is 7.04. The van der Waals surface area contributed by atoms with Crippen molar-refractivity contribution in [2.75, 3.05) is 25.4 Å². The Kier molecular flexibility index (Phi) is 5.67. The van der Waals surface area contributed by atoms with Gasteiger partial charge in [-0.05, 0) is 56.5 Å². The molecule has 4 heteroatoms. The SMILES string of the molecule is CC(N)C1CCCN(CCSc2ccc(F)cc2)C1. The summed E-state index contributed by atoms with van der Waals surface area (Å²) in [7, 11) is 0. The van der Waals surface area contributed by atoms with Crippen molar-refractivity contribution >= 4 is 11.8 Å². The van der Waals surface area contributed by atoms with Crippen molar-refractivity contribution in [1.29, 1.82) is 0 Å². The fourth-order valence-electron chi connectivity index (χ4n) is 2.55. The first kappa shape index (κ1) is 14.8. The molecule has 0 aromatic heterocycles. The minimum absolute atomic E-state index is 0.167. The largest absolute Gasteiger partial charge is 0.328 e. The van der Waals surface area contributed by atoms with E-state index in [1.807, 2.05) is 12.1 Å². The lowest BCUT2D eigenvalue weighted by molar-refractivity contribution is 0.169. The van der Waals surface area contributed by atoms with Gasteiger partial charge in [0.2, 0.25) is 0 Å². The van der Waals surface area contributed by atoms with Crippen LogP contribution in [-0.2, 0) is 0 Å². The maximum Gasteiger partial charge on any atom is 0.123 e. The molecule has 1 saturated heterocycles. The molecule has 0 aliphatic carbocycles. The summed E-state index contributed by atoms with van der Waals surface area (Å²) >= 11 is 1.79. The first-order chi connectivity index (χ1) is 9.15. The van der Waals surface area contributed by atoms with Gasteiger partial charge in [-0.25, -0.2) is 4.39 Å². The van der Waals surface area contributed by atoms with Crippen molar-refractivity contribution < 1.29 is 4.39 Å². The van der Waals surface area contributed by atoms with Gasteiger partial charge in [0.05, 0.1) is 0 Å². The molecular weight excluding hydrogens is 259 g/mol. The van der Waals surface area contributed by atoms with Gasteiger partial charge in [-0.2, -0.15) is 0 Å². The Balaban J connectivity index is 1.72. The van der Waals surface area contributed by atoms with Gasteiger partial charge in [0.25, 0.3) is 0 Å². The van der Waals surface area contributed by atoms with E-state index in [2.05, 4.69) is 11.8 Å². The molecule has 1 aliphatic rings. The summed E-state index contributed by atoms with van der Waals surface area (Å²) < 4.78 is 12.8. The highest BCUT2D eigenvalue weighted by Crippen LogP contribution is 2.21. The van der Waals surface area contributed by atoms with Crippen molar-refractivity contribution in [3.8, 4) is 0 Å². The highest BCUT2D eigenvalue weighted by molar-refractivity contribution is 7.99. The minimum Gasteiger partial charge on any atom is -0.328 e. The quantitative estimate of drug-likeness (QED) is 0.842. The molecule has 0 saturated carbocycles. The second kappa shape index (κ2) is 7.27. The Labute approximate surface area is 119 Å². The molecule has 1 aromatic carbocycles. The smallest absolute Gasteiger partial charge is 0.123 e. The fourth-order valence-corrected chi connectivity index (χ4v) is 3.46. The lowest BCUT2D eigenvalue weighted by Crippen LogP contribution is -2.43. The Morgan fingerprint density at radius 2 is 2.16 bits per heavy atom. The van der Waals surface area contributed by atoms with Crippen LogP contribution in [0.3, 0.4) is 0 Å². The molecule has 2 nitrogen and oxygen atoms in total. The summed E-state index contributed by atoms with van der Waals surface area (Å²) in [6.45, 7) is 5.52. The predicted octanol–water partition coefficient (Wildman–Crippen LogP) is 2.98. The normalized spacial score (nSPS) is 22.4. The summed E-state index contributed by atoms with van der Waals surface area (Å²) in [6.07, 6.45) is 2.52. The summed E-state index contributed by atoms with van der Waals surface area (Å²) in [5, 5.41) is 0. The molecule has 19 heavy (non-hydrogen) atoms. The van der Waals surface area contributed by atoms with Crippen molar-refractivity contribution in [2.24, 2.45) is 11.7 Å². The van der Waals surface area contributed by atoms with E-state index in [9.17, 15) is 4.39 Å². The van der Waals surface area contributed by atoms with Crippen molar-refractivity contribution in [2.45, 2.75) is 30.7 Å². The van der Waals surface area contributed by atoms with E-state index in [1.165, 1.54) is 31.5 Å². The molecule has 1 fully saturated rings. The number of hydrogen-bond acceptors (Lipinski definition) is 3. The van der Waals surface area contributed by atoms with Crippen molar-refractivity contribution in [3.63, 3.8) is 0 Å². The Morgan fingerprint density at radius 3 is 2.84 bits per heavy atom. The monoisotopic (exact) mass is 282 g/mol. The lowest BCUT2D eigenvalue weighted by Gasteiger charge is -2.34. The molecule has 0 radical (unpaired) electrons. The maximum absolute atomic E-state index is 12.8. The third-order valence-corrected chi connectivity index (χ3v) is 4.77. The van der Waals surface area contributed by atoms with E-state index in [4.69, 9.17) is 5.73 Å². The van der Waals surface area contributed by atoms with Crippen LogP contribution in [-0.4, -0.2) is 36.3 Å². The van der Waals surface area contributed by atoms with Crippen LogP contribution in [0, 0.1) is 11.7 Å². The van der Waals surface area contributed by atoms with Crippen LogP contribution in [0.5, 0.6) is 0 Å². The van der Waals surface area contributed by atoms with E-state index >= 15 is 0 Å². The van der Waals surface area contributed by atoms with Crippen LogP contribution >= 0.6 is 11.8 Å². The van der Waals surface area contributed by atoms with E-state index in [-0.39, 0.29) is 5.82 Å². The molecule has 1 heterocycles. The molecule has 106 valence electrons. The van der Waals surface area contributed by atoms with Crippen molar-refractivity contribution in [1.82, 2.24) is 4.90 Å². The standard InChI is InChI=1S/C15H23FN2S/c1-12(17)13-3-2-8-18(11-13)9-10-19-15-6-4-14(16)5-7-15/h4-7,12-13H,2-3,8-11,17H2,1H3. The van der Waals surface area contributed by atoms with Crippen molar-refractivity contribution in [3.05, 3.63) is 30.1 Å². The van der Waals surface area contributed by atoms with E-state index < -0.39 is 0 Å². The van der Waals surface area contributed by atoms with E-state index in [1.54, 1.807) is 11.8 Å². The van der Waals surface area contributed by atoms with Gasteiger partial charge in [-0.3, -0.25) is 0 Å². The maximum atomic E-state index is 12.8. The molecule has 2 rings (SSSR count). The van der Waals surface area contributed by atoms with Crippen LogP contribution in [0.1, 0.15) is 19.8 Å². The van der Waals surface area contributed by atoms with Crippen LogP contribution in [0.4, 0.5) is 4.39 Å². The number of halogens is 1. The molecule has 2 atom stereocenters. The molecule has 2 N–H and O–H groups in total. The highest BCUT2D eigenvalue weighted by Gasteiger charge is 2.22. The van der Waals surface area contributed by atoms with Gasteiger partial charge >= 0.3 is 0 Å². The Morgan fingerprint density at radius 1 is 1.42 bits per heavy atom. The predicted molar refractivity (Wildman–Crippen MR) is 79.9 cm³/mol. The zero-order valence-corrected chi connectivity index (χ0v) is 12.3. The molecular formula is C15H23FN2S. The van der Waals surface area contributed by atoms with Gasteiger partial charge in [-0.15, -0.1) is 11.8 Å². The Bertz CT molecular complexity index is 380. The van der Waals surface area contributed by atoms with Gasteiger partial charge < -0.3 is 10.6 Å². The van der Waals surface area contributed by atoms with Gasteiger partial charge in [0, 0.05) is 29.8 Å². The third kappa shape index (κ3) is 4.79. The fraction of sp³-hybridized carbons (Fsp3) is 0.600. The number of piperidine rings is 1. The molecule has 1 aliphatic heterocycles. The number of likely N-dealkylation sites (tertiary alicyclic amines) is 1. The average Bonchev–Trinajstić information content (AvgIpc) is 2.41. The number of nitrogens with two attached hydrogens (primary N) is 1. The van der Waals surface area contributed by atoms with Gasteiger partial charge in [-0.1, -0.05) is 0 Å². The van der Waals surface area contributed by atoms with E-state index in [0.29, 0.717) is 12.0 Å². The van der Waals surface area contributed by atoms with Crippen LogP contribution < -0.4 is 5.73 Å². The number of rotatable bonds is 5. The molecule has 0 spiro atoms. The zero-order valence-electron chi connectivity index (χ0n) is 11.5. The molecule has 2 unspecified atom stereocenters. The highest BCUT2D eigenvalue weighted by atomic mass is 32.2. The van der Waals surface area contributed by atoms with Gasteiger partial charge in [0.1, 0.15) is 5.82 Å². The first-order valence-corrected chi connectivity index (χ1v) is 8.00. The summed E-state index contributed by atoms with van der Waals surface area (Å²) in [5.74, 6) is 1.53. The summed E-state index contributed by atoms with van der Waals surface area (Å²) in [5.41, 5.74) is 6.00.